The van der Waals surface area contributed by atoms with Crippen LogP contribution in [0.3, 0.4) is 0 Å². The van der Waals surface area contributed by atoms with Gasteiger partial charge in [0.25, 0.3) is 0 Å². The monoisotopic (exact) mass is 213 g/mol. The molecule has 14 heavy (non-hydrogen) atoms. The molecule has 1 saturated heterocycles. The molecular weight excluding hydrogens is 202 g/mol. The number of nitrogens with zero attached hydrogens (tertiary/aromatic N) is 3. The molecule has 1 aliphatic rings. The molecule has 0 spiro atoms. The van der Waals surface area contributed by atoms with Gasteiger partial charge in [-0.1, -0.05) is 0 Å². The van der Waals surface area contributed by atoms with E-state index < -0.39 is 21.3 Å². The van der Waals surface area contributed by atoms with E-state index in [0.717, 1.165) is 4.31 Å². The predicted octanol–water partition coefficient (Wildman–Crippen LogP) is 0.216. The minimum absolute atomic E-state index is 0.354. The highest BCUT2D eigenvalue weighted by Crippen LogP contribution is 2.22. The predicted molar refractivity (Wildman–Crippen MR) is 49.3 cm³/mol. The molecule has 0 aromatic heterocycles. The maximum Gasteiger partial charge on any atom is 0.231 e. The first-order valence-electron chi connectivity index (χ1n) is 4.34. The lowest BCUT2D eigenvalue weighted by molar-refractivity contribution is 0.434. The zero-order chi connectivity index (χ0) is 10.8. The average molecular weight is 213 g/mol. The van der Waals surface area contributed by atoms with Crippen LogP contribution >= 0.6 is 0 Å². The van der Waals surface area contributed by atoms with Gasteiger partial charge in [0, 0.05) is 6.54 Å². The normalized spacial score (nSPS) is 25.2. The van der Waals surface area contributed by atoms with Crippen molar-refractivity contribution in [2.24, 2.45) is 0 Å². The Bertz CT molecular complexity index is 390. The van der Waals surface area contributed by atoms with E-state index in [1.54, 1.807) is 6.07 Å². The zero-order valence-electron chi connectivity index (χ0n) is 7.84. The Labute approximate surface area is 83.6 Å². The molecule has 5 nitrogen and oxygen atoms in total. The van der Waals surface area contributed by atoms with Crippen LogP contribution in [0.15, 0.2) is 0 Å². The van der Waals surface area contributed by atoms with Crippen molar-refractivity contribution in [1.29, 1.82) is 10.5 Å². The number of hydrogen-bond donors (Lipinski definition) is 0. The second-order valence-corrected chi connectivity index (χ2v) is 5.42. The van der Waals surface area contributed by atoms with Gasteiger partial charge in [0.15, 0.2) is 5.25 Å². The van der Waals surface area contributed by atoms with E-state index in [1.165, 1.54) is 6.92 Å². The number of sulfonamides is 1. The maximum atomic E-state index is 11.7. The van der Waals surface area contributed by atoms with Crippen molar-refractivity contribution >= 4 is 10.0 Å². The summed E-state index contributed by atoms with van der Waals surface area (Å²) in [7, 11) is -3.60. The Balaban J connectivity index is 2.95. The highest BCUT2D eigenvalue weighted by Gasteiger charge is 2.37. The quantitative estimate of drug-likeness (QED) is 0.656. The van der Waals surface area contributed by atoms with Crippen molar-refractivity contribution in [3.05, 3.63) is 0 Å². The first kappa shape index (κ1) is 11.0. The summed E-state index contributed by atoms with van der Waals surface area (Å²) in [6, 6.07) is 3.04. The van der Waals surface area contributed by atoms with Crippen molar-refractivity contribution in [2.75, 3.05) is 6.54 Å². The summed E-state index contributed by atoms with van der Waals surface area (Å²) < 4.78 is 24.5. The molecule has 1 aliphatic heterocycles. The van der Waals surface area contributed by atoms with Crippen LogP contribution in [0.5, 0.6) is 0 Å². The van der Waals surface area contributed by atoms with E-state index in [2.05, 4.69) is 0 Å². The molecular formula is C8H11N3O2S. The maximum absolute atomic E-state index is 11.7. The third-order valence-electron chi connectivity index (χ3n) is 2.31. The highest BCUT2D eigenvalue weighted by molar-refractivity contribution is 7.90. The summed E-state index contributed by atoms with van der Waals surface area (Å²) in [4.78, 5) is 0. The lowest BCUT2D eigenvalue weighted by Crippen LogP contribution is -2.39. The van der Waals surface area contributed by atoms with Gasteiger partial charge in [-0.05, 0) is 19.8 Å². The van der Waals surface area contributed by atoms with Gasteiger partial charge >= 0.3 is 0 Å². The van der Waals surface area contributed by atoms with E-state index in [-0.39, 0.29) is 0 Å². The van der Waals surface area contributed by atoms with Crippen molar-refractivity contribution in [3.63, 3.8) is 0 Å². The summed E-state index contributed by atoms with van der Waals surface area (Å²) in [5, 5.41) is 16.2. The van der Waals surface area contributed by atoms with E-state index >= 15 is 0 Å². The Morgan fingerprint density at radius 3 is 2.64 bits per heavy atom. The molecule has 2 unspecified atom stereocenters. The number of rotatable bonds is 2. The molecule has 1 rings (SSSR count). The van der Waals surface area contributed by atoms with Gasteiger partial charge in [-0.3, -0.25) is 0 Å². The summed E-state index contributed by atoms with van der Waals surface area (Å²) in [6.07, 6.45) is 1.25. The lowest BCUT2D eigenvalue weighted by atomic mass is 10.2. The van der Waals surface area contributed by atoms with Crippen LogP contribution in [-0.4, -0.2) is 30.6 Å². The van der Waals surface area contributed by atoms with Crippen molar-refractivity contribution in [3.8, 4) is 12.1 Å². The molecule has 0 bridgehead atoms. The van der Waals surface area contributed by atoms with Gasteiger partial charge in [0.2, 0.25) is 10.0 Å². The van der Waals surface area contributed by atoms with Gasteiger partial charge in [-0.2, -0.15) is 14.8 Å². The lowest BCUT2D eigenvalue weighted by Gasteiger charge is -2.19. The third kappa shape index (κ3) is 1.72. The standard InChI is InChI=1S/C8H11N3O2S/c1-7(5-9)14(12,13)11-4-2-3-8(11)6-10/h7-8H,2-4H2,1H3. The second-order valence-electron chi connectivity index (χ2n) is 3.21. The van der Waals surface area contributed by atoms with Crippen LogP contribution in [0.1, 0.15) is 19.8 Å². The Morgan fingerprint density at radius 2 is 2.14 bits per heavy atom. The van der Waals surface area contributed by atoms with Crippen molar-refractivity contribution < 1.29 is 8.42 Å². The minimum Gasteiger partial charge on any atom is -0.211 e. The smallest absolute Gasteiger partial charge is 0.211 e. The molecule has 6 heteroatoms. The average Bonchev–Trinajstić information content (AvgIpc) is 2.64. The van der Waals surface area contributed by atoms with Gasteiger partial charge < -0.3 is 0 Å². The second kappa shape index (κ2) is 3.95. The molecule has 0 radical (unpaired) electrons. The van der Waals surface area contributed by atoms with E-state index in [1.807, 2.05) is 6.07 Å². The van der Waals surface area contributed by atoms with Gasteiger partial charge in [-0.25, -0.2) is 8.42 Å². The van der Waals surface area contributed by atoms with Crippen molar-refractivity contribution in [2.45, 2.75) is 31.1 Å². The highest BCUT2D eigenvalue weighted by atomic mass is 32.2. The Hall–Kier alpha value is -1.11. The van der Waals surface area contributed by atoms with Crippen LogP contribution in [0, 0.1) is 22.7 Å². The zero-order valence-corrected chi connectivity index (χ0v) is 8.66. The molecule has 0 saturated carbocycles. The van der Waals surface area contributed by atoms with Crippen LogP contribution in [0.25, 0.3) is 0 Å². The number of hydrogen-bond acceptors (Lipinski definition) is 4. The molecule has 0 N–H and O–H groups in total. The first-order chi connectivity index (χ1) is 6.54. The molecule has 1 fully saturated rings. The summed E-state index contributed by atoms with van der Waals surface area (Å²) >= 11 is 0. The first-order valence-corrected chi connectivity index (χ1v) is 5.84. The fourth-order valence-electron chi connectivity index (χ4n) is 1.44. The summed E-state index contributed by atoms with van der Waals surface area (Å²) in [6.45, 7) is 1.69. The van der Waals surface area contributed by atoms with Crippen LogP contribution in [0.4, 0.5) is 0 Å². The fraction of sp³-hybridized carbons (Fsp3) is 0.750. The SMILES string of the molecule is CC(C#N)S(=O)(=O)N1CCCC1C#N. The van der Waals surface area contributed by atoms with Crippen molar-refractivity contribution in [1.82, 2.24) is 4.31 Å². The topological polar surface area (TPSA) is 85.0 Å². The Morgan fingerprint density at radius 1 is 1.50 bits per heavy atom. The van der Waals surface area contributed by atoms with Gasteiger partial charge in [-0.15, -0.1) is 0 Å². The summed E-state index contributed by atoms with van der Waals surface area (Å²) in [5.41, 5.74) is 0. The molecule has 0 aliphatic carbocycles. The molecule has 2 atom stereocenters. The van der Waals surface area contributed by atoms with E-state index in [0.29, 0.717) is 19.4 Å². The van der Waals surface area contributed by atoms with E-state index in [9.17, 15) is 8.42 Å². The molecule has 1 heterocycles. The van der Waals surface area contributed by atoms with E-state index in [4.69, 9.17) is 10.5 Å². The van der Waals surface area contributed by atoms with Crippen LogP contribution in [0.2, 0.25) is 0 Å². The molecule has 0 aromatic rings. The van der Waals surface area contributed by atoms with Gasteiger partial charge in [0.1, 0.15) is 6.04 Å². The molecule has 0 amide bonds. The summed E-state index contributed by atoms with van der Waals surface area (Å²) in [5.74, 6) is 0. The van der Waals surface area contributed by atoms with Gasteiger partial charge in [0.05, 0.1) is 12.1 Å². The minimum atomic E-state index is -3.60. The molecule has 76 valence electrons. The largest absolute Gasteiger partial charge is 0.231 e. The molecule has 0 aromatic carbocycles. The van der Waals surface area contributed by atoms with Crippen LogP contribution in [-0.2, 0) is 10.0 Å². The number of nitriles is 2. The fourth-order valence-corrected chi connectivity index (χ4v) is 2.87. The van der Waals surface area contributed by atoms with Crippen LogP contribution < -0.4 is 0 Å². The third-order valence-corrected chi connectivity index (χ3v) is 4.40. The Kier molecular flexibility index (Phi) is 3.10.